The highest BCUT2D eigenvalue weighted by atomic mass is 19.4. The summed E-state index contributed by atoms with van der Waals surface area (Å²) in [6, 6.07) is -0.191. The van der Waals surface area contributed by atoms with Crippen molar-refractivity contribution in [1.82, 2.24) is 14.9 Å². The summed E-state index contributed by atoms with van der Waals surface area (Å²) >= 11 is 0. The molecule has 1 aromatic carbocycles. The van der Waals surface area contributed by atoms with Crippen molar-refractivity contribution in [2.75, 3.05) is 18.1 Å². The first-order chi connectivity index (χ1) is 19.3. The standard InChI is InChI=1S/C25H21F9N4O4/c1-23(2,24(30,31)25(32,33)34)36-22(42)12-8-38(18-13(27)5-10(26)6-14(18)28)20-11(19(12)41)7-15(29)21(35-20)37-4-3-17(40)16(37)9-39/h5-8,16-17,39-40H,3-4,9H2,1-2H3,(H,36,42)/t16-,17-/m0/s1. The molecule has 1 saturated heterocycles. The highest BCUT2D eigenvalue weighted by Gasteiger charge is 2.67. The number of hydrogen-bond donors (Lipinski definition) is 3. The van der Waals surface area contributed by atoms with Crippen LogP contribution in [0, 0.1) is 23.3 Å². The van der Waals surface area contributed by atoms with E-state index >= 15 is 4.39 Å². The van der Waals surface area contributed by atoms with Gasteiger partial charge in [0.25, 0.3) is 5.91 Å². The molecule has 0 aliphatic carbocycles. The van der Waals surface area contributed by atoms with Crippen molar-refractivity contribution < 1.29 is 54.5 Å². The number of fused-ring (bicyclic) bond motifs is 1. The van der Waals surface area contributed by atoms with Crippen LogP contribution in [-0.2, 0) is 0 Å². The zero-order chi connectivity index (χ0) is 31.5. The Hall–Kier alpha value is -3.86. The smallest absolute Gasteiger partial charge is 0.394 e. The Morgan fingerprint density at radius 2 is 1.64 bits per heavy atom. The molecule has 42 heavy (non-hydrogen) atoms. The lowest BCUT2D eigenvalue weighted by molar-refractivity contribution is -0.305. The van der Waals surface area contributed by atoms with Gasteiger partial charge in [-0.2, -0.15) is 22.0 Å². The van der Waals surface area contributed by atoms with E-state index in [4.69, 9.17) is 0 Å². The van der Waals surface area contributed by atoms with Gasteiger partial charge >= 0.3 is 12.1 Å². The van der Waals surface area contributed by atoms with Gasteiger partial charge in [-0.25, -0.2) is 22.5 Å². The zero-order valence-corrected chi connectivity index (χ0v) is 21.5. The first kappa shape index (κ1) is 31.1. The maximum absolute atomic E-state index is 15.3. The fourth-order valence-corrected chi connectivity index (χ4v) is 4.62. The monoisotopic (exact) mass is 612 g/mol. The summed E-state index contributed by atoms with van der Waals surface area (Å²) < 4.78 is 126. The third kappa shape index (κ3) is 5.04. The van der Waals surface area contributed by atoms with Gasteiger partial charge in [-0.1, -0.05) is 0 Å². The van der Waals surface area contributed by atoms with E-state index in [1.54, 1.807) is 0 Å². The van der Waals surface area contributed by atoms with Gasteiger partial charge in [0.05, 0.1) is 24.1 Å². The predicted octanol–water partition coefficient (Wildman–Crippen LogP) is 3.58. The van der Waals surface area contributed by atoms with Gasteiger partial charge in [0.2, 0.25) is 5.43 Å². The molecule has 0 unspecified atom stereocenters. The van der Waals surface area contributed by atoms with Crippen LogP contribution in [0.1, 0.15) is 30.6 Å². The first-order valence-electron chi connectivity index (χ1n) is 12.1. The number of amides is 1. The molecule has 8 nitrogen and oxygen atoms in total. The SMILES string of the molecule is CC(C)(NC(=O)c1cn(-c2c(F)cc(F)cc2F)c2nc(N3CC[C@H](O)[C@@H]3CO)c(F)cc2c1=O)C(F)(F)C(F)(F)F. The fourth-order valence-electron chi connectivity index (χ4n) is 4.62. The van der Waals surface area contributed by atoms with Crippen molar-refractivity contribution in [2.24, 2.45) is 0 Å². The number of benzene rings is 1. The molecule has 0 spiro atoms. The van der Waals surface area contributed by atoms with Crippen LogP contribution in [0.2, 0.25) is 0 Å². The van der Waals surface area contributed by atoms with Crippen molar-refractivity contribution in [3.63, 3.8) is 0 Å². The van der Waals surface area contributed by atoms with Gasteiger partial charge < -0.3 is 20.4 Å². The lowest BCUT2D eigenvalue weighted by Crippen LogP contribution is -2.62. The van der Waals surface area contributed by atoms with Crippen LogP contribution >= 0.6 is 0 Å². The van der Waals surface area contributed by atoms with Crippen molar-refractivity contribution in [1.29, 1.82) is 0 Å². The van der Waals surface area contributed by atoms with Gasteiger partial charge in [0.15, 0.2) is 28.9 Å². The number of carbonyl (C=O) groups is 1. The Morgan fingerprint density at radius 1 is 1.05 bits per heavy atom. The quantitative estimate of drug-likeness (QED) is 0.368. The molecule has 17 heteroatoms. The van der Waals surface area contributed by atoms with Crippen LogP contribution in [0.15, 0.2) is 29.2 Å². The Balaban J connectivity index is 1.99. The third-order valence-corrected chi connectivity index (χ3v) is 6.92. The number of rotatable bonds is 6. The second-order valence-corrected chi connectivity index (χ2v) is 10.1. The van der Waals surface area contributed by atoms with Gasteiger partial charge in [-0.05, 0) is 26.3 Å². The molecule has 3 N–H and O–H groups in total. The molecule has 3 aromatic rings. The number of anilines is 1. The molecule has 1 aliphatic rings. The van der Waals surface area contributed by atoms with Crippen LogP contribution in [0.25, 0.3) is 16.7 Å². The van der Waals surface area contributed by atoms with Crippen molar-refractivity contribution in [3.05, 3.63) is 63.5 Å². The summed E-state index contributed by atoms with van der Waals surface area (Å²) in [5.41, 5.74) is -7.97. The molecule has 2 aromatic heterocycles. The summed E-state index contributed by atoms with van der Waals surface area (Å²) in [5, 5.41) is 20.2. The topological polar surface area (TPSA) is 108 Å². The molecule has 0 radical (unpaired) electrons. The number of nitrogens with one attached hydrogen (secondary N) is 1. The third-order valence-electron chi connectivity index (χ3n) is 6.92. The van der Waals surface area contributed by atoms with Crippen LogP contribution in [0.4, 0.5) is 45.3 Å². The van der Waals surface area contributed by atoms with Crippen molar-refractivity contribution in [3.8, 4) is 5.69 Å². The second-order valence-electron chi connectivity index (χ2n) is 10.1. The largest absolute Gasteiger partial charge is 0.455 e. The average molecular weight is 612 g/mol. The van der Waals surface area contributed by atoms with Crippen molar-refractivity contribution >= 4 is 22.8 Å². The summed E-state index contributed by atoms with van der Waals surface area (Å²) in [5.74, 6) is -13.9. The van der Waals surface area contributed by atoms with E-state index in [0.29, 0.717) is 30.7 Å². The van der Waals surface area contributed by atoms with E-state index in [-0.39, 0.29) is 25.1 Å². The predicted molar refractivity (Wildman–Crippen MR) is 129 cm³/mol. The highest BCUT2D eigenvalue weighted by Crippen LogP contribution is 2.43. The number of aliphatic hydroxyl groups excluding tert-OH is 2. The van der Waals surface area contributed by atoms with E-state index in [2.05, 4.69) is 4.98 Å². The molecule has 0 saturated carbocycles. The summed E-state index contributed by atoms with van der Waals surface area (Å²) in [6.07, 6.45) is -6.84. The summed E-state index contributed by atoms with van der Waals surface area (Å²) in [7, 11) is 0. The van der Waals surface area contributed by atoms with Crippen molar-refractivity contribution in [2.45, 2.75) is 50.1 Å². The lowest BCUT2D eigenvalue weighted by atomic mass is 9.94. The normalized spacial score (nSPS) is 18.2. The Kier molecular flexibility index (Phi) is 7.73. The molecular formula is C25H21F9N4O4. The molecule has 4 rings (SSSR count). The van der Waals surface area contributed by atoms with Crippen LogP contribution in [0.3, 0.4) is 0 Å². The number of pyridine rings is 2. The first-order valence-corrected chi connectivity index (χ1v) is 12.1. The Labute approximate surface area is 230 Å². The second kappa shape index (κ2) is 10.4. The molecule has 3 heterocycles. The van der Waals surface area contributed by atoms with E-state index < -0.39 is 99.1 Å². The van der Waals surface area contributed by atoms with Gasteiger partial charge in [-0.15, -0.1) is 0 Å². The number of aromatic nitrogens is 2. The van der Waals surface area contributed by atoms with Gasteiger partial charge in [-0.3, -0.25) is 14.2 Å². The van der Waals surface area contributed by atoms with Crippen LogP contribution in [0.5, 0.6) is 0 Å². The van der Waals surface area contributed by atoms with Crippen LogP contribution in [-0.4, -0.2) is 68.6 Å². The van der Waals surface area contributed by atoms with E-state index in [1.165, 1.54) is 5.32 Å². The lowest BCUT2D eigenvalue weighted by Gasteiger charge is -2.35. The fraction of sp³-hybridized carbons (Fsp3) is 0.400. The molecule has 2 atom stereocenters. The molecule has 1 amide bonds. The van der Waals surface area contributed by atoms with Gasteiger partial charge in [0.1, 0.15) is 22.6 Å². The van der Waals surface area contributed by atoms with E-state index in [1.807, 2.05) is 0 Å². The number of hydrogen-bond acceptors (Lipinski definition) is 6. The molecular weight excluding hydrogens is 591 g/mol. The zero-order valence-electron chi connectivity index (χ0n) is 21.5. The maximum Gasteiger partial charge on any atom is 0.455 e. The Morgan fingerprint density at radius 3 is 2.19 bits per heavy atom. The molecule has 228 valence electrons. The number of carbonyl (C=O) groups excluding carboxylic acids is 1. The van der Waals surface area contributed by atoms with E-state index in [9.17, 15) is 54.9 Å². The maximum atomic E-state index is 15.3. The van der Waals surface area contributed by atoms with Gasteiger partial charge in [0, 0.05) is 24.9 Å². The number of nitrogens with zero attached hydrogens (tertiary/aromatic N) is 3. The number of aliphatic hydroxyl groups is 2. The number of halogens is 9. The average Bonchev–Trinajstić information content (AvgIpc) is 3.23. The molecule has 0 bridgehead atoms. The highest BCUT2D eigenvalue weighted by molar-refractivity contribution is 5.98. The molecule has 1 aliphatic heterocycles. The van der Waals surface area contributed by atoms with E-state index in [0.717, 1.165) is 4.90 Å². The minimum atomic E-state index is -6.13. The summed E-state index contributed by atoms with van der Waals surface area (Å²) in [6.45, 7) is -0.111. The minimum absolute atomic E-state index is 0.0515. The summed E-state index contributed by atoms with van der Waals surface area (Å²) in [4.78, 5) is 31.2. The number of alkyl halides is 5. The Bertz CT molecular complexity index is 1600. The minimum Gasteiger partial charge on any atom is -0.394 e. The van der Waals surface area contributed by atoms with Crippen LogP contribution < -0.4 is 15.6 Å². The molecule has 1 fully saturated rings.